The van der Waals surface area contributed by atoms with Gasteiger partial charge in [0.05, 0.1) is 15.7 Å². The number of carbonyl (C=O) groups excluding carboxylic acids is 1. The Balaban J connectivity index is 1.82. The molecule has 0 saturated heterocycles. The normalized spacial score (nSPS) is 10.8. The standard InChI is InChI=1S/C14H19N3OS2/c1-4-5-12-17-11(8-19-12)14(18)15-7-6-13-16-9(2)10(3)20-13/h8H,4-7H2,1-3H3,(H,15,18). The van der Waals surface area contributed by atoms with Crippen LogP contribution in [-0.2, 0) is 12.8 Å². The molecule has 2 rings (SSSR count). The van der Waals surface area contributed by atoms with Crippen LogP contribution < -0.4 is 5.32 Å². The second-order valence-corrected chi connectivity index (χ2v) is 6.86. The predicted molar refractivity (Wildman–Crippen MR) is 83.7 cm³/mol. The summed E-state index contributed by atoms with van der Waals surface area (Å²) in [5, 5.41) is 6.84. The molecule has 0 aliphatic rings. The number of aryl methyl sites for hydroxylation is 3. The minimum Gasteiger partial charge on any atom is -0.350 e. The van der Waals surface area contributed by atoms with Crippen LogP contribution in [0.1, 0.15) is 44.4 Å². The number of nitrogens with one attached hydrogen (secondary N) is 1. The first-order valence-electron chi connectivity index (χ1n) is 6.75. The van der Waals surface area contributed by atoms with Gasteiger partial charge >= 0.3 is 0 Å². The highest BCUT2D eigenvalue weighted by molar-refractivity contribution is 7.11. The quantitative estimate of drug-likeness (QED) is 0.892. The first kappa shape index (κ1) is 15.1. The lowest BCUT2D eigenvalue weighted by molar-refractivity contribution is 0.0949. The number of hydrogen-bond acceptors (Lipinski definition) is 5. The summed E-state index contributed by atoms with van der Waals surface area (Å²) in [5.41, 5.74) is 1.62. The predicted octanol–water partition coefficient (Wildman–Crippen LogP) is 3.14. The minimum atomic E-state index is -0.0893. The van der Waals surface area contributed by atoms with Crippen LogP contribution in [0.5, 0.6) is 0 Å². The van der Waals surface area contributed by atoms with Crippen molar-refractivity contribution in [3.63, 3.8) is 0 Å². The van der Waals surface area contributed by atoms with Gasteiger partial charge in [-0.15, -0.1) is 22.7 Å². The monoisotopic (exact) mass is 309 g/mol. The van der Waals surface area contributed by atoms with E-state index in [0.29, 0.717) is 12.2 Å². The van der Waals surface area contributed by atoms with Crippen molar-refractivity contribution in [3.8, 4) is 0 Å². The molecule has 1 amide bonds. The summed E-state index contributed by atoms with van der Waals surface area (Å²) in [6.45, 7) is 6.79. The van der Waals surface area contributed by atoms with Crippen molar-refractivity contribution in [2.45, 2.75) is 40.0 Å². The maximum absolute atomic E-state index is 11.9. The third kappa shape index (κ3) is 3.86. The average molecular weight is 309 g/mol. The summed E-state index contributed by atoms with van der Waals surface area (Å²) in [7, 11) is 0. The molecule has 0 radical (unpaired) electrons. The maximum Gasteiger partial charge on any atom is 0.270 e. The molecule has 2 heterocycles. The fourth-order valence-electron chi connectivity index (χ4n) is 1.76. The maximum atomic E-state index is 11.9. The van der Waals surface area contributed by atoms with Crippen molar-refractivity contribution in [1.82, 2.24) is 15.3 Å². The van der Waals surface area contributed by atoms with Gasteiger partial charge in [0.25, 0.3) is 5.91 Å². The molecule has 0 aliphatic heterocycles. The van der Waals surface area contributed by atoms with Crippen molar-refractivity contribution in [2.75, 3.05) is 6.54 Å². The minimum absolute atomic E-state index is 0.0893. The van der Waals surface area contributed by atoms with Gasteiger partial charge in [-0.1, -0.05) is 6.92 Å². The van der Waals surface area contributed by atoms with E-state index >= 15 is 0 Å². The Morgan fingerprint density at radius 2 is 2.05 bits per heavy atom. The molecule has 0 bridgehead atoms. The molecule has 0 aliphatic carbocycles. The fraction of sp³-hybridized carbons (Fsp3) is 0.500. The van der Waals surface area contributed by atoms with E-state index in [1.165, 1.54) is 4.88 Å². The van der Waals surface area contributed by atoms with Crippen LogP contribution in [-0.4, -0.2) is 22.4 Å². The third-order valence-electron chi connectivity index (χ3n) is 2.95. The van der Waals surface area contributed by atoms with E-state index in [4.69, 9.17) is 0 Å². The first-order valence-corrected chi connectivity index (χ1v) is 8.45. The van der Waals surface area contributed by atoms with E-state index in [0.717, 1.165) is 35.0 Å². The van der Waals surface area contributed by atoms with Crippen molar-refractivity contribution in [1.29, 1.82) is 0 Å². The second kappa shape index (κ2) is 6.95. The lowest BCUT2D eigenvalue weighted by atomic mass is 10.3. The molecular weight excluding hydrogens is 290 g/mol. The summed E-state index contributed by atoms with van der Waals surface area (Å²) in [5.74, 6) is -0.0893. The highest BCUT2D eigenvalue weighted by Gasteiger charge is 2.10. The van der Waals surface area contributed by atoms with Crippen LogP contribution in [0.2, 0.25) is 0 Å². The number of carbonyl (C=O) groups is 1. The van der Waals surface area contributed by atoms with E-state index < -0.39 is 0 Å². The van der Waals surface area contributed by atoms with E-state index in [1.807, 2.05) is 12.3 Å². The van der Waals surface area contributed by atoms with Gasteiger partial charge < -0.3 is 5.32 Å². The molecule has 20 heavy (non-hydrogen) atoms. The summed E-state index contributed by atoms with van der Waals surface area (Å²) >= 11 is 3.25. The van der Waals surface area contributed by atoms with Crippen molar-refractivity contribution in [3.05, 3.63) is 31.7 Å². The lowest BCUT2D eigenvalue weighted by Gasteiger charge is -2.00. The molecule has 0 atom stereocenters. The largest absolute Gasteiger partial charge is 0.350 e. The smallest absolute Gasteiger partial charge is 0.270 e. The summed E-state index contributed by atoms with van der Waals surface area (Å²) < 4.78 is 0. The zero-order chi connectivity index (χ0) is 14.5. The highest BCUT2D eigenvalue weighted by atomic mass is 32.1. The molecule has 0 fully saturated rings. The Hall–Kier alpha value is -1.27. The molecule has 0 unspecified atom stereocenters. The SMILES string of the molecule is CCCc1nc(C(=O)NCCc2nc(C)c(C)s2)cs1. The lowest BCUT2D eigenvalue weighted by Crippen LogP contribution is -2.26. The molecule has 0 saturated carbocycles. The highest BCUT2D eigenvalue weighted by Crippen LogP contribution is 2.16. The van der Waals surface area contributed by atoms with Crippen LogP contribution in [0.25, 0.3) is 0 Å². The van der Waals surface area contributed by atoms with E-state index in [1.54, 1.807) is 22.7 Å². The van der Waals surface area contributed by atoms with E-state index in [9.17, 15) is 4.79 Å². The van der Waals surface area contributed by atoms with Gasteiger partial charge in [0.2, 0.25) is 0 Å². The molecule has 0 aromatic carbocycles. The van der Waals surface area contributed by atoms with Gasteiger partial charge in [0.1, 0.15) is 5.69 Å². The van der Waals surface area contributed by atoms with Gasteiger partial charge in [-0.3, -0.25) is 4.79 Å². The third-order valence-corrected chi connectivity index (χ3v) is 4.99. The van der Waals surface area contributed by atoms with Gasteiger partial charge in [-0.25, -0.2) is 9.97 Å². The number of thiazole rings is 2. The Morgan fingerprint density at radius 3 is 2.70 bits per heavy atom. The Labute approximate surface area is 127 Å². The summed E-state index contributed by atoms with van der Waals surface area (Å²) in [6, 6.07) is 0. The number of rotatable bonds is 6. The number of amides is 1. The van der Waals surface area contributed by atoms with Gasteiger partial charge in [-0.2, -0.15) is 0 Å². The zero-order valence-electron chi connectivity index (χ0n) is 12.0. The van der Waals surface area contributed by atoms with E-state index in [-0.39, 0.29) is 5.91 Å². The summed E-state index contributed by atoms with van der Waals surface area (Å²) in [6.07, 6.45) is 2.77. The van der Waals surface area contributed by atoms with Gasteiger partial charge in [0.15, 0.2) is 0 Å². The topological polar surface area (TPSA) is 54.9 Å². The number of aromatic nitrogens is 2. The Bertz CT molecular complexity index is 570. The van der Waals surface area contributed by atoms with Gasteiger partial charge in [0, 0.05) is 23.2 Å². The molecule has 0 spiro atoms. The first-order chi connectivity index (χ1) is 9.60. The second-order valence-electron chi connectivity index (χ2n) is 4.63. The average Bonchev–Trinajstić information content (AvgIpc) is 2.98. The van der Waals surface area contributed by atoms with Crippen LogP contribution >= 0.6 is 22.7 Å². The number of nitrogens with zero attached hydrogens (tertiary/aromatic N) is 2. The molecule has 108 valence electrons. The van der Waals surface area contributed by atoms with Crippen LogP contribution in [0.3, 0.4) is 0 Å². The molecule has 4 nitrogen and oxygen atoms in total. The fourth-order valence-corrected chi connectivity index (χ4v) is 3.58. The van der Waals surface area contributed by atoms with Crippen LogP contribution in [0, 0.1) is 13.8 Å². The molecule has 2 aromatic rings. The van der Waals surface area contributed by atoms with Crippen molar-refractivity contribution >= 4 is 28.6 Å². The Kier molecular flexibility index (Phi) is 5.25. The molecular formula is C14H19N3OS2. The molecule has 2 aromatic heterocycles. The van der Waals surface area contributed by atoms with Crippen LogP contribution in [0.4, 0.5) is 0 Å². The van der Waals surface area contributed by atoms with Crippen molar-refractivity contribution < 1.29 is 4.79 Å². The van der Waals surface area contributed by atoms with Crippen LogP contribution in [0.15, 0.2) is 5.38 Å². The van der Waals surface area contributed by atoms with E-state index in [2.05, 4.69) is 29.1 Å². The molecule has 6 heteroatoms. The van der Waals surface area contributed by atoms with Crippen molar-refractivity contribution in [2.24, 2.45) is 0 Å². The summed E-state index contributed by atoms with van der Waals surface area (Å²) in [4.78, 5) is 22.0. The molecule has 1 N–H and O–H groups in total. The zero-order valence-corrected chi connectivity index (χ0v) is 13.7. The number of hydrogen-bond donors (Lipinski definition) is 1. The van der Waals surface area contributed by atoms with Gasteiger partial charge in [-0.05, 0) is 26.7 Å². The Morgan fingerprint density at radius 1 is 1.25 bits per heavy atom.